The van der Waals surface area contributed by atoms with E-state index in [0.717, 1.165) is 15.6 Å². The summed E-state index contributed by atoms with van der Waals surface area (Å²) in [5.74, 6) is -0.805. The number of halogens is 2. The molecule has 0 bridgehead atoms. The Balaban J connectivity index is 3.01. The number of carbonyl (C=O) groups is 1. The van der Waals surface area contributed by atoms with Gasteiger partial charge in [-0.2, -0.15) is 0 Å². The fourth-order valence-corrected chi connectivity index (χ4v) is 2.01. The van der Waals surface area contributed by atoms with Crippen molar-refractivity contribution in [2.75, 3.05) is 0 Å². The van der Waals surface area contributed by atoms with Crippen molar-refractivity contribution < 1.29 is 9.90 Å². The first-order valence-corrected chi connectivity index (χ1v) is 5.60. The van der Waals surface area contributed by atoms with Crippen molar-refractivity contribution in [2.24, 2.45) is 0 Å². The quantitative estimate of drug-likeness (QED) is 0.872. The number of aliphatic carboxylic acids is 1. The molecule has 0 amide bonds. The largest absolute Gasteiger partial charge is 0.481 e. The van der Waals surface area contributed by atoms with Crippen LogP contribution in [0.3, 0.4) is 0 Å². The first-order valence-electron chi connectivity index (χ1n) is 3.68. The fraction of sp³-hybridized carbons (Fsp3) is 0.222. The van der Waals surface area contributed by atoms with Crippen molar-refractivity contribution in [1.82, 2.24) is 0 Å². The van der Waals surface area contributed by atoms with Gasteiger partial charge in [-0.1, -0.05) is 37.9 Å². The van der Waals surface area contributed by atoms with Gasteiger partial charge in [0.05, 0.1) is 6.42 Å². The van der Waals surface area contributed by atoms with Crippen molar-refractivity contribution in [3.05, 3.63) is 33.8 Å². The van der Waals surface area contributed by atoms with Gasteiger partial charge in [-0.05, 0) is 23.3 Å². The summed E-state index contributed by atoms with van der Waals surface area (Å²) in [5.41, 5.74) is 1.87. The van der Waals surface area contributed by atoms with Gasteiger partial charge in [0.25, 0.3) is 0 Å². The smallest absolute Gasteiger partial charge is 0.307 e. The zero-order chi connectivity index (χ0) is 9.84. The van der Waals surface area contributed by atoms with Crippen LogP contribution in [0.4, 0.5) is 0 Å². The SMILES string of the molecule is O=C(O)Cc1cc(Br)ccc1CBr. The summed E-state index contributed by atoms with van der Waals surface area (Å²) in [6.45, 7) is 0. The van der Waals surface area contributed by atoms with E-state index in [-0.39, 0.29) is 6.42 Å². The second kappa shape index (κ2) is 4.77. The number of rotatable bonds is 3. The maximum atomic E-state index is 10.5. The van der Waals surface area contributed by atoms with Gasteiger partial charge in [0.15, 0.2) is 0 Å². The molecule has 0 aliphatic heterocycles. The molecular weight excluding hydrogens is 300 g/mol. The summed E-state index contributed by atoms with van der Waals surface area (Å²) in [7, 11) is 0. The third-order valence-electron chi connectivity index (χ3n) is 1.65. The van der Waals surface area contributed by atoms with E-state index < -0.39 is 5.97 Å². The minimum atomic E-state index is -0.805. The van der Waals surface area contributed by atoms with Crippen LogP contribution in [-0.4, -0.2) is 11.1 Å². The Labute approximate surface area is 93.2 Å². The Morgan fingerprint density at radius 3 is 2.62 bits per heavy atom. The van der Waals surface area contributed by atoms with E-state index in [1.54, 1.807) is 0 Å². The minimum Gasteiger partial charge on any atom is -0.481 e. The van der Waals surface area contributed by atoms with Crippen LogP contribution >= 0.6 is 31.9 Å². The number of benzene rings is 1. The second-order valence-electron chi connectivity index (χ2n) is 2.62. The van der Waals surface area contributed by atoms with E-state index in [2.05, 4.69) is 31.9 Å². The van der Waals surface area contributed by atoms with Crippen LogP contribution in [-0.2, 0) is 16.5 Å². The molecule has 1 N–H and O–H groups in total. The number of carboxylic acid groups (broad SMARTS) is 1. The monoisotopic (exact) mass is 306 g/mol. The van der Waals surface area contributed by atoms with Crippen LogP contribution in [0.1, 0.15) is 11.1 Å². The molecule has 4 heteroatoms. The van der Waals surface area contributed by atoms with E-state index in [0.29, 0.717) is 5.33 Å². The Hall–Kier alpha value is -0.350. The fourth-order valence-electron chi connectivity index (χ4n) is 1.05. The molecule has 1 rings (SSSR count). The number of alkyl halides is 1. The van der Waals surface area contributed by atoms with Gasteiger partial charge in [-0.15, -0.1) is 0 Å². The summed E-state index contributed by atoms with van der Waals surface area (Å²) in [5, 5.41) is 9.33. The van der Waals surface area contributed by atoms with Gasteiger partial charge in [-0.25, -0.2) is 0 Å². The highest BCUT2D eigenvalue weighted by atomic mass is 79.9. The van der Waals surface area contributed by atoms with E-state index in [4.69, 9.17) is 5.11 Å². The van der Waals surface area contributed by atoms with Crippen LogP contribution in [0.25, 0.3) is 0 Å². The minimum absolute atomic E-state index is 0.0698. The van der Waals surface area contributed by atoms with Gasteiger partial charge in [0.2, 0.25) is 0 Å². The molecule has 0 aliphatic carbocycles. The normalized spacial score (nSPS) is 10.0. The van der Waals surface area contributed by atoms with Gasteiger partial charge in [0.1, 0.15) is 0 Å². The lowest BCUT2D eigenvalue weighted by molar-refractivity contribution is -0.136. The molecule has 0 aromatic heterocycles. The Bertz CT molecular complexity index is 323. The van der Waals surface area contributed by atoms with Crippen molar-refractivity contribution in [1.29, 1.82) is 0 Å². The van der Waals surface area contributed by atoms with E-state index in [1.165, 1.54) is 0 Å². The molecular formula is C9H8Br2O2. The first-order chi connectivity index (χ1) is 6.13. The lowest BCUT2D eigenvalue weighted by Gasteiger charge is -2.04. The van der Waals surface area contributed by atoms with Crippen molar-refractivity contribution in [3.63, 3.8) is 0 Å². The standard InChI is InChI=1S/C9H8Br2O2/c10-5-6-1-2-8(11)3-7(6)4-9(12)13/h1-3H,4-5H2,(H,12,13). The van der Waals surface area contributed by atoms with Crippen molar-refractivity contribution >= 4 is 37.8 Å². The number of hydrogen-bond donors (Lipinski definition) is 1. The number of hydrogen-bond acceptors (Lipinski definition) is 1. The molecule has 0 saturated carbocycles. The van der Waals surface area contributed by atoms with Crippen LogP contribution in [0.5, 0.6) is 0 Å². The molecule has 0 unspecified atom stereocenters. The molecule has 0 radical (unpaired) electrons. The molecule has 0 spiro atoms. The van der Waals surface area contributed by atoms with Crippen LogP contribution in [0, 0.1) is 0 Å². The first kappa shape index (κ1) is 10.7. The Kier molecular flexibility index (Phi) is 3.93. The van der Waals surface area contributed by atoms with Crippen molar-refractivity contribution in [2.45, 2.75) is 11.8 Å². The second-order valence-corrected chi connectivity index (χ2v) is 4.09. The molecule has 0 saturated heterocycles. The van der Waals surface area contributed by atoms with Gasteiger partial charge >= 0.3 is 5.97 Å². The summed E-state index contributed by atoms with van der Waals surface area (Å²) in [4.78, 5) is 10.5. The molecule has 13 heavy (non-hydrogen) atoms. The highest BCUT2D eigenvalue weighted by Crippen LogP contribution is 2.19. The zero-order valence-electron chi connectivity index (χ0n) is 6.76. The zero-order valence-corrected chi connectivity index (χ0v) is 9.93. The van der Waals surface area contributed by atoms with Gasteiger partial charge < -0.3 is 5.11 Å². The predicted molar refractivity (Wildman–Crippen MR) is 58.1 cm³/mol. The highest BCUT2D eigenvalue weighted by Gasteiger charge is 2.06. The molecule has 0 heterocycles. The average molecular weight is 308 g/mol. The topological polar surface area (TPSA) is 37.3 Å². The van der Waals surface area contributed by atoms with Crippen molar-refractivity contribution in [3.8, 4) is 0 Å². The Morgan fingerprint density at radius 1 is 1.38 bits per heavy atom. The third-order valence-corrected chi connectivity index (χ3v) is 2.75. The number of carboxylic acids is 1. The average Bonchev–Trinajstić information content (AvgIpc) is 2.03. The Morgan fingerprint density at radius 2 is 2.08 bits per heavy atom. The molecule has 2 nitrogen and oxygen atoms in total. The summed E-state index contributed by atoms with van der Waals surface area (Å²) in [6.07, 6.45) is 0.0698. The summed E-state index contributed by atoms with van der Waals surface area (Å²) < 4.78 is 0.911. The maximum Gasteiger partial charge on any atom is 0.307 e. The predicted octanol–water partition coefficient (Wildman–Crippen LogP) is 2.97. The molecule has 0 aliphatic rings. The van der Waals surface area contributed by atoms with Gasteiger partial charge in [-0.3, -0.25) is 4.79 Å². The summed E-state index contributed by atoms with van der Waals surface area (Å²) in [6, 6.07) is 5.66. The van der Waals surface area contributed by atoms with Gasteiger partial charge in [0, 0.05) is 9.80 Å². The molecule has 0 fully saturated rings. The van der Waals surface area contributed by atoms with Crippen LogP contribution < -0.4 is 0 Å². The highest BCUT2D eigenvalue weighted by molar-refractivity contribution is 9.10. The lowest BCUT2D eigenvalue weighted by atomic mass is 10.1. The van der Waals surface area contributed by atoms with Crippen LogP contribution in [0.15, 0.2) is 22.7 Å². The lowest BCUT2D eigenvalue weighted by Crippen LogP contribution is -2.02. The maximum absolute atomic E-state index is 10.5. The molecule has 0 atom stereocenters. The molecule has 70 valence electrons. The molecule has 1 aromatic carbocycles. The van der Waals surface area contributed by atoms with E-state index in [1.807, 2.05) is 18.2 Å². The third kappa shape index (κ3) is 3.12. The summed E-state index contributed by atoms with van der Waals surface area (Å²) >= 11 is 6.62. The molecule has 1 aromatic rings. The van der Waals surface area contributed by atoms with E-state index >= 15 is 0 Å². The van der Waals surface area contributed by atoms with E-state index in [9.17, 15) is 4.79 Å². The van der Waals surface area contributed by atoms with Crippen LogP contribution in [0.2, 0.25) is 0 Å².